The van der Waals surface area contributed by atoms with Crippen LogP contribution in [-0.2, 0) is 0 Å². The van der Waals surface area contributed by atoms with Crippen molar-refractivity contribution in [1.82, 2.24) is 4.98 Å². The molecule has 17 heavy (non-hydrogen) atoms. The predicted molar refractivity (Wildman–Crippen MR) is 71.1 cm³/mol. The van der Waals surface area contributed by atoms with Gasteiger partial charge in [-0.25, -0.2) is 4.98 Å². The molecule has 88 valence electrons. The van der Waals surface area contributed by atoms with E-state index in [9.17, 15) is 4.79 Å². The molecule has 2 rings (SSSR count). The molecule has 1 aromatic carbocycles. The van der Waals surface area contributed by atoms with Gasteiger partial charge in [-0.15, -0.1) is 11.3 Å². The molecule has 0 aliphatic rings. The number of hydrogen-bond donors (Lipinski definition) is 2. The maximum Gasteiger partial charge on any atom is 0.277 e. The van der Waals surface area contributed by atoms with Crippen molar-refractivity contribution in [2.24, 2.45) is 0 Å². The molecule has 2 aromatic rings. The molecule has 0 aliphatic heterocycles. The van der Waals surface area contributed by atoms with Crippen molar-refractivity contribution in [2.75, 3.05) is 17.7 Å². The maximum absolute atomic E-state index is 11.9. The molecular weight excluding hydrogens is 258 g/mol. The van der Waals surface area contributed by atoms with Gasteiger partial charge < -0.3 is 10.6 Å². The number of hydrogen-bond acceptors (Lipinski definition) is 4. The number of halogens is 1. The Labute approximate surface area is 108 Å². The van der Waals surface area contributed by atoms with Crippen LogP contribution >= 0.6 is 22.9 Å². The fourth-order valence-corrected chi connectivity index (χ4v) is 2.17. The number of aromatic nitrogens is 1. The Hall–Kier alpha value is -1.59. The number of anilines is 2. The summed E-state index contributed by atoms with van der Waals surface area (Å²) in [5.74, 6) is -0.252. The van der Waals surface area contributed by atoms with E-state index in [2.05, 4.69) is 15.6 Å². The zero-order valence-corrected chi connectivity index (χ0v) is 10.6. The highest BCUT2D eigenvalue weighted by molar-refractivity contribution is 7.14. The monoisotopic (exact) mass is 267 g/mol. The summed E-state index contributed by atoms with van der Waals surface area (Å²) in [4.78, 5) is 15.9. The highest BCUT2D eigenvalue weighted by Gasteiger charge is 2.13. The van der Waals surface area contributed by atoms with E-state index in [1.54, 1.807) is 36.8 Å². The van der Waals surface area contributed by atoms with Gasteiger partial charge in [0.2, 0.25) is 0 Å². The number of amides is 1. The molecule has 0 atom stereocenters. The minimum atomic E-state index is -0.252. The number of nitrogens with one attached hydrogen (secondary N) is 2. The highest BCUT2D eigenvalue weighted by Crippen LogP contribution is 2.21. The van der Waals surface area contributed by atoms with Crippen LogP contribution in [0.1, 0.15) is 10.5 Å². The van der Waals surface area contributed by atoms with Crippen molar-refractivity contribution in [2.45, 2.75) is 0 Å². The van der Waals surface area contributed by atoms with Gasteiger partial charge in [0.1, 0.15) is 5.00 Å². The topological polar surface area (TPSA) is 54.0 Å². The molecule has 0 spiro atoms. The zero-order chi connectivity index (χ0) is 12.3. The molecule has 0 bridgehead atoms. The lowest BCUT2D eigenvalue weighted by atomic mass is 10.3. The third-order valence-corrected chi connectivity index (χ3v) is 3.17. The van der Waals surface area contributed by atoms with Crippen molar-refractivity contribution < 1.29 is 4.79 Å². The van der Waals surface area contributed by atoms with Gasteiger partial charge in [0.15, 0.2) is 5.69 Å². The van der Waals surface area contributed by atoms with E-state index < -0.39 is 0 Å². The molecular formula is C11H10ClN3OS. The van der Waals surface area contributed by atoms with Crippen LogP contribution in [0.2, 0.25) is 5.02 Å². The molecule has 4 nitrogen and oxygen atoms in total. The van der Waals surface area contributed by atoms with Gasteiger partial charge in [-0.2, -0.15) is 0 Å². The van der Waals surface area contributed by atoms with E-state index in [0.717, 1.165) is 5.00 Å². The average molecular weight is 268 g/mol. The summed E-state index contributed by atoms with van der Waals surface area (Å²) >= 11 is 7.22. The lowest BCUT2D eigenvalue weighted by molar-refractivity contribution is 0.102. The molecule has 0 radical (unpaired) electrons. The van der Waals surface area contributed by atoms with Crippen LogP contribution < -0.4 is 10.6 Å². The van der Waals surface area contributed by atoms with Crippen LogP contribution in [0.3, 0.4) is 0 Å². The van der Waals surface area contributed by atoms with Crippen LogP contribution in [0.5, 0.6) is 0 Å². The molecule has 1 heterocycles. The van der Waals surface area contributed by atoms with Gasteiger partial charge in [0, 0.05) is 17.8 Å². The summed E-state index contributed by atoms with van der Waals surface area (Å²) in [7, 11) is 1.75. The lowest BCUT2D eigenvalue weighted by Crippen LogP contribution is -2.13. The minimum Gasteiger partial charge on any atom is -0.378 e. The number of carbonyl (C=O) groups excluding carboxylic acids is 1. The second-order valence-corrected chi connectivity index (χ2v) is 4.54. The molecule has 0 unspecified atom stereocenters. The molecule has 1 aromatic heterocycles. The van der Waals surface area contributed by atoms with Gasteiger partial charge in [0.25, 0.3) is 5.91 Å². The van der Waals surface area contributed by atoms with Crippen LogP contribution in [-0.4, -0.2) is 17.9 Å². The zero-order valence-electron chi connectivity index (χ0n) is 9.03. The van der Waals surface area contributed by atoms with Gasteiger partial charge >= 0.3 is 0 Å². The van der Waals surface area contributed by atoms with Crippen LogP contribution in [0.4, 0.5) is 10.7 Å². The second kappa shape index (κ2) is 5.16. The van der Waals surface area contributed by atoms with E-state index >= 15 is 0 Å². The minimum absolute atomic E-state index is 0.252. The van der Waals surface area contributed by atoms with Crippen LogP contribution in [0.25, 0.3) is 0 Å². The number of nitrogens with zero attached hydrogens (tertiary/aromatic N) is 1. The quantitative estimate of drug-likeness (QED) is 0.899. The third kappa shape index (κ3) is 2.75. The molecule has 0 aliphatic carbocycles. The first-order chi connectivity index (χ1) is 8.20. The Balaban J connectivity index is 2.17. The van der Waals surface area contributed by atoms with Crippen molar-refractivity contribution >= 4 is 39.5 Å². The SMILES string of the molecule is CNc1scnc1C(=O)Nc1cccc(Cl)c1. The van der Waals surface area contributed by atoms with Crippen LogP contribution in [0, 0.1) is 0 Å². The fourth-order valence-electron chi connectivity index (χ4n) is 1.34. The Kier molecular flexibility index (Phi) is 3.61. The van der Waals surface area contributed by atoms with E-state index in [4.69, 9.17) is 11.6 Å². The smallest absolute Gasteiger partial charge is 0.277 e. The number of rotatable bonds is 3. The Morgan fingerprint density at radius 1 is 1.47 bits per heavy atom. The molecule has 2 N–H and O–H groups in total. The summed E-state index contributed by atoms with van der Waals surface area (Å²) in [5.41, 5.74) is 2.66. The van der Waals surface area contributed by atoms with E-state index in [-0.39, 0.29) is 5.91 Å². The first-order valence-electron chi connectivity index (χ1n) is 4.89. The number of thiazole rings is 1. The Morgan fingerprint density at radius 2 is 2.29 bits per heavy atom. The van der Waals surface area contributed by atoms with Crippen molar-refractivity contribution in [3.8, 4) is 0 Å². The Morgan fingerprint density at radius 3 is 3.00 bits per heavy atom. The molecule has 0 saturated carbocycles. The van der Waals surface area contributed by atoms with Gasteiger partial charge in [0.05, 0.1) is 5.51 Å². The number of carbonyl (C=O) groups is 1. The van der Waals surface area contributed by atoms with Crippen molar-refractivity contribution in [3.05, 3.63) is 40.5 Å². The second-order valence-electron chi connectivity index (χ2n) is 3.24. The summed E-state index contributed by atoms with van der Waals surface area (Å²) in [6.45, 7) is 0. The molecule has 6 heteroatoms. The first-order valence-corrected chi connectivity index (χ1v) is 6.14. The largest absolute Gasteiger partial charge is 0.378 e. The molecule has 0 fully saturated rings. The fraction of sp³-hybridized carbons (Fsp3) is 0.0909. The third-order valence-electron chi connectivity index (χ3n) is 2.09. The first kappa shape index (κ1) is 11.9. The van der Waals surface area contributed by atoms with Crippen LogP contribution in [0.15, 0.2) is 29.8 Å². The maximum atomic E-state index is 11.9. The van der Waals surface area contributed by atoms with Gasteiger partial charge in [-0.05, 0) is 18.2 Å². The number of benzene rings is 1. The van der Waals surface area contributed by atoms with E-state index in [0.29, 0.717) is 16.4 Å². The van der Waals surface area contributed by atoms with E-state index in [1.807, 2.05) is 0 Å². The Bertz CT molecular complexity index is 541. The summed E-state index contributed by atoms with van der Waals surface area (Å²) in [6.07, 6.45) is 0. The van der Waals surface area contributed by atoms with Crippen molar-refractivity contribution in [1.29, 1.82) is 0 Å². The summed E-state index contributed by atoms with van der Waals surface area (Å²) in [5, 5.41) is 6.98. The highest BCUT2D eigenvalue weighted by atomic mass is 35.5. The predicted octanol–water partition coefficient (Wildman–Crippen LogP) is 3.09. The summed E-state index contributed by atoms with van der Waals surface area (Å²) in [6, 6.07) is 6.98. The van der Waals surface area contributed by atoms with Gasteiger partial charge in [-0.1, -0.05) is 17.7 Å². The van der Waals surface area contributed by atoms with Crippen molar-refractivity contribution in [3.63, 3.8) is 0 Å². The average Bonchev–Trinajstić information content (AvgIpc) is 2.77. The van der Waals surface area contributed by atoms with Gasteiger partial charge in [-0.3, -0.25) is 4.79 Å². The lowest BCUT2D eigenvalue weighted by Gasteiger charge is -2.05. The standard InChI is InChI=1S/C11H10ClN3OS/c1-13-11-9(14-6-17-11)10(16)15-8-4-2-3-7(12)5-8/h2-6,13H,1H3,(H,15,16). The normalized spacial score (nSPS) is 10.0. The molecule has 0 saturated heterocycles. The molecule has 1 amide bonds. The summed E-state index contributed by atoms with van der Waals surface area (Å²) < 4.78 is 0. The van der Waals surface area contributed by atoms with E-state index in [1.165, 1.54) is 11.3 Å².